The number of rotatable bonds is 4. The highest BCUT2D eigenvalue weighted by Gasteiger charge is 2.32. The molecule has 3 heterocycles. The van der Waals surface area contributed by atoms with Crippen molar-refractivity contribution >= 4 is 33.4 Å². The minimum absolute atomic E-state index is 0.0910. The van der Waals surface area contributed by atoms with Crippen LogP contribution in [0.1, 0.15) is 58.8 Å². The minimum atomic E-state index is 0.0910. The van der Waals surface area contributed by atoms with Crippen molar-refractivity contribution in [2.45, 2.75) is 64.8 Å². The van der Waals surface area contributed by atoms with E-state index in [1.807, 2.05) is 0 Å². The first-order valence-electron chi connectivity index (χ1n) is 10.7. The van der Waals surface area contributed by atoms with Crippen LogP contribution in [0.25, 0.3) is 0 Å². The zero-order valence-corrected chi connectivity index (χ0v) is 17.7. The SMILES string of the molecule is C[C@H]1[C@H](C)CCC[C@@H]1NC(=O)C1CCN(c2nnc(N3CCCC3=O)s2)CC1. The zero-order chi connectivity index (χ0) is 19.7. The number of amides is 2. The minimum Gasteiger partial charge on any atom is -0.353 e. The van der Waals surface area contributed by atoms with Gasteiger partial charge in [0.1, 0.15) is 0 Å². The number of carbonyl (C=O) groups is 2. The second-order valence-corrected chi connectivity index (χ2v) is 9.59. The molecule has 8 heteroatoms. The van der Waals surface area contributed by atoms with E-state index in [0.29, 0.717) is 29.4 Å². The Hall–Kier alpha value is -1.70. The molecule has 4 rings (SSSR count). The summed E-state index contributed by atoms with van der Waals surface area (Å²) < 4.78 is 0. The van der Waals surface area contributed by atoms with Crippen molar-refractivity contribution in [1.29, 1.82) is 0 Å². The molecule has 0 aromatic carbocycles. The molecule has 3 atom stereocenters. The molecule has 0 radical (unpaired) electrons. The molecule has 1 aromatic rings. The Balaban J connectivity index is 1.29. The molecule has 0 bridgehead atoms. The van der Waals surface area contributed by atoms with E-state index >= 15 is 0 Å². The summed E-state index contributed by atoms with van der Waals surface area (Å²) in [6, 6.07) is 0.331. The van der Waals surface area contributed by atoms with Gasteiger partial charge in [-0.2, -0.15) is 0 Å². The monoisotopic (exact) mass is 405 g/mol. The van der Waals surface area contributed by atoms with Gasteiger partial charge in [0.15, 0.2) is 0 Å². The second kappa shape index (κ2) is 8.35. The summed E-state index contributed by atoms with van der Waals surface area (Å²) >= 11 is 1.49. The van der Waals surface area contributed by atoms with Crippen molar-refractivity contribution in [3.63, 3.8) is 0 Å². The fraction of sp³-hybridized carbons (Fsp3) is 0.800. The lowest BCUT2D eigenvalue weighted by molar-refractivity contribution is -0.127. The van der Waals surface area contributed by atoms with Crippen LogP contribution in [0.3, 0.4) is 0 Å². The van der Waals surface area contributed by atoms with Crippen LogP contribution in [-0.4, -0.2) is 47.7 Å². The molecule has 0 unspecified atom stereocenters. The van der Waals surface area contributed by atoms with E-state index < -0.39 is 0 Å². The average Bonchev–Trinajstić information content (AvgIpc) is 3.34. The summed E-state index contributed by atoms with van der Waals surface area (Å²) in [4.78, 5) is 28.6. The summed E-state index contributed by atoms with van der Waals surface area (Å²) in [5.41, 5.74) is 0. The molecule has 1 aromatic heterocycles. The third kappa shape index (κ3) is 4.02. The standard InChI is InChI=1S/C20H31N5O2S/c1-13-5-3-6-16(14(13)2)21-18(27)15-8-11-24(12-9-15)19-22-23-20(28-19)25-10-4-7-17(25)26/h13-16H,3-12H2,1-2H3,(H,21,27)/t13-,14+,16+/m1/s1. The van der Waals surface area contributed by atoms with E-state index in [2.05, 4.69) is 34.3 Å². The van der Waals surface area contributed by atoms with E-state index in [1.165, 1.54) is 24.2 Å². The molecule has 3 aliphatic rings. The van der Waals surface area contributed by atoms with Crippen molar-refractivity contribution in [3.05, 3.63) is 0 Å². The van der Waals surface area contributed by atoms with E-state index in [1.54, 1.807) is 4.90 Å². The van der Waals surface area contributed by atoms with Gasteiger partial charge in [-0.25, -0.2) is 0 Å². The lowest BCUT2D eigenvalue weighted by atomic mass is 9.78. The van der Waals surface area contributed by atoms with Crippen LogP contribution in [0.2, 0.25) is 0 Å². The highest BCUT2D eigenvalue weighted by Crippen LogP contribution is 2.33. The van der Waals surface area contributed by atoms with Gasteiger partial charge in [-0.1, -0.05) is 38.0 Å². The lowest BCUT2D eigenvalue weighted by Gasteiger charge is -2.36. The van der Waals surface area contributed by atoms with Gasteiger partial charge in [0.2, 0.25) is 22.1 Å². The Morgan fingerprint density at radius 1 is 1.04 bits per heavy atom. The summed E-state index contributed by atoms with van der Waals surface area (Å²) in [6.45, 7) is 6.95. The Morgan fingerprint density at radius 3 is 2.50 bits per heavy atom. The van der Waals surface area contributed by atoms with Gasteiger partial charge in [0.25, 0.3) is 0 Å². The molecular formula is C20H31N5O2S. The predicted octanol–water partition coefficient (Wildman–Crippen LogP) is 2.82. The van der Waals surface area contributed by atoms with E-state index in [0.717, 1.165) is 50.4 Å². The van der Waals surface area contributed by atoms with E-state index in [9.17, 15) is 9.59 Å². The largest absolute Gasteiger partial charge is 0.353 e. The predicted molar refractivity (Wildman–Crippen MR) is 111 cm³/mol. The van der Waals surface area contributed by atoms with Crippen LogP contribution in [-0.2, 0) is 9.59 Å². The van der Waals surface area contributed by atoms with Crippen molar-refractivity contribution in [2.75, 3.05) is 29.4 Å². The Kier molecular flexibility index (Phi) is 5.85. The highest BCUT2D eigenvalue weighted by atomic mass is 32.1. The summed E-state index contributed by atoms with van der Waals surface area (Å²) in [7, 11) is 0. The molecule has 28 heavy (non-hydrogen) atoms. The number of carbonyl (C=O) groups excluding carboxylic acids is 2. The maximum Gasteiger partial charge on any atom is 0.228 e. The zero-order valence-electron chi connectivity index (χ0n) is 16.9. The van der Waals surface area contributed by atoms with E-state index in [-0.39, 0.29) is 17.7 Å². The van der Waals surface area contributed by atoms with Gasteiger partial charge in [0, 0.05) is 38.0 Å². The Morgan fingerprint density at radius 2 is 1.79 bits per heavy atom. The summed E-state index contributed by atoms with van der Waals surface area (Å²) in [5.74, 6) is 1.71. The smallest absolute Gasteiger partial charge is 0.228 e. The third-order valence-corrected chi connectivity index (χ3v) is 7.89. The topological polar surface area (TPSA) is 78.4 Å². The molecule has 1 aliphatic carbocycles. The van der Waals surface area contributed by atoms with Crippen molar-refractivity contribution in [3.8, 4) is 0 Å². The van der Waals surface area contributed by atoms with E-state index in [4.69, 9.17) is 0 Å². The quantitative estimate of drug-likeness (QED) is 0.833. The number of nitrogens with one attached hydrogen (secondary N) is 1. The normalized spacial score (nSPS) is 29.4. The fourth-order valence-corrected chi connectivity index (χ4v) is 5.66. The molecule has 2 saturated heterocycles. The van der Waals surface area contributed by atoms with Crippen molar-refractivity contribution < 1.29 is 9.59 Å². The molecule has 2 aliphatic heterocycles. The molecule has 0 spiro atoms. The molecule has 3 fully saturated rings. The molecule has 1 saturated carbocycles. The van der Waals surface area contributed by atoms with Gasteiger partial charge in [0.05, 0.1) is 0 Å². The Bertz CT molecular complexity index is 715. The van der Waals surface area contributed by atoms with Crippen LogP contribution in [0.15, 0.2) is 0 Å². The van der Waals surface area contributed by atoms with Crippen LogP contribution >= 0.6 is 11.3 Å². The maximum atomic E-state index is 12.8. The van der Waals surface area contributed by atoms with Gasteiger partial charge in [-0.15, -0.1) is 10.2 Å². The average molecular weight is 406 g/mol. The first-order valence-corrected chi connectivity index (χ1v) is 11.5. The second-order valence-electron chi connectivity index (χ2n) is 8.66. The number of nitrogens with zero attached hydrogens (tertiary/aromatic N) is 4. The third-order valence-electron chi connectivity index (χ3n) is 6.88. The molecular weight excluding hydrogens is 374 g/mol. The number of piperidine rings is 1. The van der Waals surface area contributed by atoms with Crippen LogP contribution in [0.5, 0.6) is 0 Å². The maximum absolute atomic E-state index is 12.8. The number of aromatic nitrogens is 2. The van der Waals surface area contributed by atoms with Crippen molar-refractivity contribution in [2.24, 2.45) is 17.8 Å². The number of anilines is 2. The van der Waals surface area contributed by atoms with Crippen molar-refractivity contribution in [1.82, 2.24) is 15.5 Å². The number of hydrogen-bond acceptors (Lipinski definition) is 6. The Labute approximate surface area is 170 Å². The first kappa shape index (κ1) is 19.6. The summed E-state index contributed by atoms with van der Waals surface area (Å²) in [5, 5.41) is 13.4. The molecule has 154 valence electrons. The molecule has 7 nitrogen and oxygen atoms in total. The van der Waals surface area contributed by atoms with Crippen LogP contribution < -0.4 is 15.1 Å². The first-order chi connectivity index (χ1) is 13.5. The summed E-state index contributed by atoms with van der Waals surface area (Å²) in [6.07, 6.45) is 6.80. The van der Waals surface area contributed by atoms with Gasteiger partial charge in [-0.05, 0) is 37.5 Å². The molecule has 1 N–H and O–H groups in total. The lowest BCUT2D eigenvalue weighted by Crippen LogP contribution is -2.48. The van der Waals surface area contributed by atoms with Crippen LogP contribution in [0.4, 0.5) is 10.3 Å². The fourth-order valence-electron chi connectivity index (χ4n) is 4.71. The van der Waals surface area contributed by atoms with Gasteiger partial charge >= 0.3 is 0 Å². The highest BCUT2D eigenvalue weighted by molar-refractivity contribution is 7.19. The molecule has 2 amide bonds. The van der Waals surface area contributed by atoms with Crippen LogP contribution in [0, 0.1) is 17.8 Å². The van der Waals surface area contributed by atoms with Gasteiger partial charge < -0.3 is 10.2 Å². The number of hydrogen-bond donors (Lipinski definition) is 1. The van der Waals surface area contributed by atoms with Gasteiger partial charge in [-0.3, -0.25) is 14.5 Å².